The molecule has 0 spiro atoms. The minimum atomic E-state index is 0.0730. The molecule has 0 fully saturated rings. The Labute approximate surface area is 132 Å². The largest absolute Gasteiger partial charge is 0.313 e. The summed E-state index contributed by atoms with van der Waals surface area (Å²) >= 11 is 8.57. The Kier molecular flexibility index (Phi) is 5.38. The van der Waals surface area contributed by atoms with Crippen molar-refractivity contribution in [2.24, 2.45) is 0 Å². The summed E-state index contributed by atoms with van der Waals surface area (Å²) in [6, 6.07) is 3.95. The third kappa shape index (κ3) is 4.27. The lowest BCUT2D eigenvalue weighted by Gasteiger charge is -2.08. The van der Waals surface area contributed by atoms with Crippen molar-refractivity contribution in [2.75, 3.05) is 6.54 Å². The van der Waals surface area contributed by atoms with Gasteiger partial charge in [-0.25, -0.2) is 0 Å². The van der Waals surface area contributed by atoms with Crippen LogP contribution in [0.4, 0.5) is 0 Å². The van der Waals surface area contributed by atoms with Gasteiger partial charge in [-0.2, -0.15) is 0 Å². The first-order chi connectivity index (χ1) is 9.06. The zero-order valence-electron chi connectivity index (χ0n) is 10.5. The number of hydrogen-bond donors (Lipinski definition) is 1. The van der Waals surface area contributed by atoms with Gasteiger partial charge in [0.25, 0.3) is 5.56 Å². The van der Waals surface area contributed by atoms with Gasteiger partial charge in [-0.3, -0.25) is 4.79 Å². The van der Waals surface area contributed by atoms with Crippen molar-refractivity contribution in [1.82, 2.24) is 9.88 Å². The standard InChI is InChI=1S/C13H14Br2N2OS/c1-9-4-10(14)7-17(13(9)18)3-2-16-6-12-5-11(15)8-19-12/h4-5,7-8,16H,2-3,6H2,1H3. The molecule has 0 unspecified atom stereocenters. The molecule has 102 valence electrons. The van der Waals surface area contributed by atoms with Crippen LogP contribution in [0.3, 0.4) is 0 Å². The Morgan fingerprint density at radius 2 is 2.11 bits per heavy atom. The number of nitrogens with zero attached hydrogens (tertiary/aromatic N) is 1. The fourth-order valence-corrected chi connectivity index (χ4v) is 3.77. The number of halogens is 2. The van der Waals surface area contributed by atoms with E-state index in [1.807, 2.05) is 19.2 Å². The molecule has 19 heavy (non-hydrogen) atoms. The molecule has 6 heteroatoms. The number of thiophene rings is 1. The molecule has 0 bridgehead atoms. The van der Waals surface area contributed by atoms with Crippen molar-refractivity contribution < 1.29 is 0 Å². The lowest BCUT2D eigenvalue weighted by molar-refractivity contribution is 0.585. The number of aromatic nitrogens is 1. The maximum Gasteiger partial charge on any atom is 0.253 e. The minimum Gasteiger partial charge on any atom is -0.313 e. The highest BCUT2D eigenvalue weighted by Gasteiger charge is 2.02. The molecule has 0 atom stereocenters. The first-order valence-electron chi connectivity index (χ1n) is 5.86. The molecule has 0 aliphatic carbocycles. The molecule has 0 aromatic carbocycles. The van der Waals surface area contributed by atoms with Gasteiger partial charge in [0.05, 0.1) is 0 Å². The van der Waals surface area contributed by atoms with Gasteiger partial charge in [0.1, 0.15) is 0 Å². The van der Waals surface area contributed by atoms with Gasteiger partial charge in [-0.1, -0.05) is 0 Å². The van der Waals surface area contributed by atoms with Gasteiger partial charge >= 0.3 is 0 Å². The number of rotatable bonds is 5. The summed E-state index contributed by atoms with van der Waals surface area (Å²) < 4.78 is 3.79. The highest BCUT2D eigenvalue weighted by atomic mass is 79.9. The first-order valence-corrected chi connectivity index (χ1v) is 8.33. The maximum atomic E-state index is 11.9. The summed E-state index contributed by atoms with van der Waals surface area (Å²) in [5.74, 6) is 0. The van der Waals surface area contributed by atoms with Crippen LogP contribution in [0.1, 0.15) is 10.4 Å². The molecular formula is C13H14Br2N2OS. The van der Waals surface area contributed by atoms with Crippen molar-refractivity contribution in [3.63, 3.8) is 0 Å². The van der Waals surface area contributed by atoms with Crippen LogP contribution in [0.25, 0.3) is 0 Å². The molecule has 2 heterocycles. The van der Waals surface area contributed by atoms with Crippen LogP contribution < -0.4 is 10.9 Å². The van der Waals surface area contributed by atoms with Gasteiger partial charge in [0.15, 0.2) is 0 Å². The Bertz CT molecular complexity index is 621. The van der Waals surface area contributed by atoms with Crippen molar-refractivity contribution in [1.29, 1.82) is 0 Å². The summed E-state index contributed by atoms with van der Waals surface area (Å²) in [4.78, 5) is 13.2. The van der Waals surface area contributed by atoms with Gasteiger partial charge in [-0.15, -0.1) is 11.3 Å². The number of aryl methyl sites for hydroxylation is 1. The van der Waals surface area contributed by atoms with E-state index < -0.39 is 0 Å². The van der Waals surface area contributed by atoms with E-state index in [-0.39, 0.29) is 5.56 Å². The predicted molar refractivity (Wildman–Crippen MR) is 86.9 cm³/mol. The van der Waals surface area contributed by atoms with E-state index in [0.717, 1.165) is 27.6 Å². The summed E-state index contributed by atoms with van der Waals surface area (Å²) in [5, 5.41) is 5.41. The highest BCUT2D eigenvalue weighted by molar-refractivity contribution is 9.10. The molecule has 0 amide bonds. The lowest BCUT2D eigenvalue weighted by atomic mass is 10.3. The Hall–Kier alpha value is -0.430. The van der Waals surface area contributed by atoms with E-state index in [1.165, 1.54) is 4.88 Å². The molecule has 0 saturated heterocycles. The van der Waals surface area contributed by atoms with Crippen LogP contribution >= 0.6 is 43.2 Å². The van der Waals surface area contributed by atoms with Crippen LogP contribution in [0, 0.1) is 6.92 Å². The van der Waals surface area contributed by atoms with E-state index in [9.17, 15) is 4.79 Å². The quantitative estimate of drug-likeness (QED) is 0.772. The summed E-state index contributed by atoms with van der Waals surface area (Å²) in [7, 11) is 0. The van der Waals surface area contributed by atoms with Crippen molar-refractivity contribution >= 4 is 43.2 Å². The molecule has 1 N–H and O–H groups in total. The predicted octanol–water partition coefficient (Wildman–Crippen LogP) is 3.53. The fourth-order valence-electron chi connectivity index (χ4n) is 1.76. The van der Waals surface area contributed by atoms with E-state index in [0.29, 0.717) is 6.54 Å². The topological polar surface area (TPSA) is 34.0 Å². The van der Waals surface area contributed by atoms with Crippen LogP contribution in [0.15, 0.2) is 37.4 Å². The molecule has 0 aliphatic heterocycles. The van der Waals surface area contributed by atoms with Crippen LogP contribution in [0.2, 0.25) is 0 Å². The second-order valence-electron chi connectivity index (χ2n) is 4.25. The van der Waals surface area contributed by atoms with Crippen molar-refractivity contribution in [2.45, 2.75) is 20.0 Å². The van der Waals surface area contributed by atoms with Crippen molar-refractivity contribution in [3.8, 4) is 0 Å². The number of hydrogen-bond acceptors (Lipinski definition) is 3. The Morgan fingerprint density at radius 3 is 2.79 bits per heavy atom. The van der Waals surface area contributed by atoms with Crippen molar-refractivity contribution in [3.05, 3.63) is 53.4 Å². The third-order valence-corrected chi connectivity index (χ3v) is 4.81. The molecule has 2 aromatic heterocycles. The van der Waals surface area contributed by atoms with Crippen LogP contribution in [0.5, 0.6) is 0 Å². The van der Waals surface area contributed by atoms with E-state index in [4.69, 9.17) is 0 Å². The minimum absolute atomic E-state index is 0.0730. The van der Waals surface area contributed by atoms with E-state index in [1.54, 1.807) is 15.9 Å². The maximum absolute atomic E-state index is 11.9. The summed E-state index contributed by atoms with van der Waals surface area (Å²) in [6.45, 7) is 4.11. The van der Waals surface area contributed by atoms with Crippen LogP contribution in [-0.2, 0) is 13.1 Å². The summed E-state index contributed by atoms with van der Waals surface area (Å²) in [6.07, 6.45) is 1.83. The molecule has 2 rings (SSSR count). The Balaban J connectivity index is 1.88. The van der Waals surface area contributed by atoms with E-state index >= 15 is 0 Å². The highest BCUT2D eigenvalue weighted by Crippen LogP contribution is 2.19. The molecule has 0 aliphatic rings. The monoisotopic (exact) mass is 404 g/mol. The second-order valence-corrected chi connectivity index (χ2v) is 7.08. The lowest BCUT2D eigenvalue weighted by Crippen LogP contribution is -2.27. The molecule has 0 radical (unpaired) electrons. The van der Waals surface area contributed by atoms with E-state index in [2.05, 4.69) is 48.6 Å². The normalized spacial score (nSPS) is 10.9. The molecular weight excluding hydrogens is 392 g/mol. The first kappa shape index (κ1) is 15.0. The molecule has 0 saturated carbocycles. The Morgan fingerprint density at radius 1 is 1.32 bits per heavy atom. The number of pyridine rings is 1. The average Bonchev–Trinajstić information content (AvgIpc) is 2.76. The van der Waals surface area contributed by atoms with Crippen LogP contribution in [-0.4, -0.2) is 11.1 Å². The zero-order valence-corrected chi connectivity index (χ0v) is 14.4. The average molecular weight is 406 g/mol. The van der Waals surface area contributed by atoms with Gasteiger partial charge in [-0.05, 0) is 50.9 Å². The smallest absolute Gasteiger partial charge is 0.253 e. The molecule has 2 aromatic rings. The zero-order chi connectivity index (χ0) is 13.8. The summed E-state index contributed by atoms with van der Waals surface area (Å²) in [5.41, 5.74) is 0.834. The van der Waals surface area contributed by atoms with Gasteiger partial charge in [0, 0.05) is 50.6 Å². The van der Waals surface area contributed by atoms with Gasteiger partial charge < -0.3 is 9.88 Å². The second kappa shape index (κ2) is 6.83. The van der Waals surface area contributed by atoms with Gasteiger partial charge in [0.2, 0.25) is 0 Å². The third-order valence-electron chi connectivity index (χ3n) is 2.68. The SMILES string of the molecule is Cc1cc(Br)cn(CCNCc2cc(Br)cs2)c1=O. The number of nitrogens with one attached hydrogen (secondary N) is 1. The fraction of sp³-hybridized carbons (Fsp3) is 0.308. The molecule has 3 nitrogen and oxygen atoms in total.